The molecule has 0 fully saturated rings. The molecular formula is C13H22N6. The predicted octanol–water partition coefficient (Wildman–Crippen LogP) is 2.44. The number of aromatic nitrogens is 6. The number of rotatable bonds is 10. The van der Waals surface area contributed by atoms with Crippen LogP contribution in [0.1, 0.15) is 56.6 Å². The fraction of sp³-hybridized carbons (Fsp3) is 0.692. The summed E-state index contributed by atoms with van der Waals surface area (Å²) in [6, 6.07) is 0. The zero-order valence-electron chi connectivity index (χ0n) is 11.3. The van der Waals surface area contributed by atoms with Crippen molar-refractivity contribution in [2.75, 3.05) is 0 Å². The highest BCUT2D eigenvalue weighted by atomic mass is 15.2. The normalized spacial score (nSPS) is 10.9. The van der Waals surface area contributed by atoms with Gasteiger partial charge in [0.15, 0.2) is 0 Å². The third-order valence-corrected chi connectivity index (χ3v) is 3.23. The Balaban J connectivity index is 1.36. The number of hydrogen-bond donors (Lipinski definition) is 2. The molecule has 0 aliphatic rings. The first-order valence-electron chi connectivity index (χ1n) is 7.14. The zero-order chi connectivity index (χ0) is 13.2. The van der Waals surface area contributed by atoms with E-state index in [4.69, 9.17) is 0 Å². The molecule has 0 aliphatic carbocycles. The highest BCUT2D eigenvalue weighted by Crippen LogP contribution is 2.09. The number of unbranched alkanes of at least 4 members (excludes halogenated alkanes) is 6. The van der Waals surface area contributed by atoms with E-state index in [1.807, 2.05) is 0 Å². The number of hydrogen-bond acceptors (Lipinski definition) is 4. The zero-order valence-corrected chi connectivity index (χ0v) is 11.3. The monoisotopic (exact) mass is 262 g/mol. The summed E-state index contributed by atoms with van der Waals surface area (Å²) in [5.41, 5.74) is 0. The summed E-state index contributed by atoms with van der Waals surface area (Å²) in [7, 11) is 0. The molecule has 2 heterocycles. The molecule has 0 atom stereocenters. The standard InChI is InChI=1S/C13H22N6/c1(2-4-6-8-12-14-10-16-18-12)3-5-7-9-13-15-11-17-19-13/h10-11H,1-9H2,(H,14,16,18)(H,15,17,19). The van der Waals surface area contributed by atoms with Crippen molar-refractivity contribution in [1.29, 1.82) is 0 Å². The first-order chi connectivity index (χ1) is 9.45. The summed E-state index contributed by atoms with van der Waals surface area (Å²) >= 11 is 0. The van der Waals surface area contributed by atoms with Crippen LogP contribution in [0.2, 0.25) is 0 Å². The summed E-state index contributed by atoms with van der Waals surface area (Å²) in [6.07, 6.45) is 14.1. The Morgan fingerprint density at radius 2 is 1.05 bits per heavy atom. The molecule has 6 heteroatoms. The predicted molar refractivity (Wildman–Crippen MR) is 72.5 cm³/mol. The minimum Gasteiger partial charge on any atom is -0.266 e. The second-order valence-electron chi connectivity index (χ2n) is 4.81. The van der Waals surface area contributed by atoms with E-state index >= 15 is 0 Å². The maximum absolute atomic E-state index is 4.12. The Morgan fingerprint density at radius 1 is 0.632 bits per heavy atom. The molecule has 104 valence electrons. The largest absolute Gasteiger partial charge is 0.266 e. The molecule has 2 aromatic heterocycles. The highest BCUT2D eigenvalue weighted by molar-refractivity contribution is 4.80. The lowest BCUT2D eigenvalue weighted by Crippen LogP contribution is -1.90. The van der Waals surface area contributed by atoms with Gasteiger partial charge in [-0.1, -0.05) is 32.1 Å². The van der Waals surface area contributed by atoms with Gasteiger partial charge >= 0.3 is 0 Å². The molecular weight excluding hydrogens is 240 g/mol. The molecule has 6 nitrogen and oxygen atoms in total. The average Bonchev–Trinajstić information content (AvgIpc) is 3.10. The van der Waals surface area contributed by atoms with Crippen LogP contribution in [0.5, 0.6) is 0 Å². The maximum atomic E-state index is 4.12. The van der Waals surface area contributed by atoms with Crippen molar-refractivity contribution in [2.24, 2.45) is 0 Å². The number of H-pyrrole nitrogens is 2. The number of nitrogens with one attached hydrogen (secondary N) is 2. The van der Waals surface area contributed by atoms with Crippen molar-refractivity contribution in [1.82, 2.24) is 30.4 Å². The van der Waals surface area contributed by atoms with Gasteiger partial charge < -0.3 is 0 Å². The van der Waals surface area contributed by atoms with Gasteiger partial charge in [-0.15, -0.1) is 0 Å². The van der Waals surface area contributed by atoms with E-state index in [-0.39, 0.29) is 0 Å². The Morgan fingerprint density at radius 3 is 1.42 bits per heavy atom. The quantitative estimate of drug-likeness (QED) is 0.644. The van der Waals surface area contributed by atoms with Crippen molar-refractivity contribution in [2.45, 2.75) is 57.8 Å². The molecule has 0 spiro atoms. The molecule has 0 saturated heterocycles. The fourth-order valence-electron chi connectivity index (χ4n) is 2.16. The van der Waals surface area contributed by atoms with Crippen LogP contribution in [-0.2, 0) is 12.8 Å². The molecule has 2 N–H and O–H groups in total. The Kier molecular flexibility index (Phi) is 6.05. The molecule has 0 saturated carbocycles. The van der Waals surface area contributed by atoms with Crippen molar-refractivity contribution in [3.63, 3.8) is 0 Å². The lowest BCUT2D eigenvalue weighted by atomic mass is 10.1. The molecule has 2 rings (SSSR count). The van der Waals surface area contributed by atoms with Gasteiger partial charge in [-0.05, 0) is 12.8 Å². The van der Waals surface area contributed by atoms with Gasteiger partial charge in [-0.3, -0.25) is 10.2 Å². The van der Waals surface area contributed by atoms with E-state index in [0.717, 1.165) is 24.5 Å². The van der Waals surface area contributed by atoms with Crippen molar-refractivity contribution in [3.8, 4) is 0 Å². The number of aromatic amines is 2. The van der Waals surface area contributed by atoms with Crippen molar-refractivity contribution >= 4 is 0 Å². The minimum absolute atomic E-state index is 0.937. The van der Waals surface area contributed by atoms with Crippen LogP contribution < -0.4 is 0 Å². The summed E-state index contributed by atoms with van der Waals surface area (Å²) in [6.45, 7) is 0. The van der Waals surface area contributed by atoms with Crippen LogP contribution >= 0.6 is 0 Å². The molecule has 2 aromatic rings. The first kappa shape index (κ1) is 13.7. The summed E-state index contributed by atoms with van der Waals surface area (Å²) in [5.74, 6) is 1.87. The van der Waals surface area contributed by atoms with Crippen LogP contribution in [0.15, 0.2) is 12.7 Å². The van der Waals surface area contributed by atoms with E-state index in [9.17, 15) is 0 Å². The van der Waals surface area contributed by atoms with Gasteiger partial charge in [0.05, 0.1) is 0 Å². The van der Waals surface area contributed by atoms with Crippen LogP contribution in [0.4, 0.5) is 0 Å². The van der Waals surface area contributed by atoms with Gasteiger partial charge in [0, 0.05) is 12.8 Å². The summed E-state index contributed by atoms with van der Waals surface area (Å²) in [4.78, 5) is 8.24. The lowest BCUT2D eigenvalue weighted by molar-refractivity contribution is 0.572. The SMILES string of the molecule is c1nc(CCCCCCCCCc2nc[nH]n2)n[nH]1. The third kappa shape index (κ3) is 5.63. The van der Waals surface area contributed by atoms with Gasteiger partial charge in [-0.25, -0.2) is 9.97 Å². The topological polar surface area (TPSA) is 83.1 Å². The molecule has 0 unspecified atom stereocenters. The van der Waals surface area contributed by atoms with Crippen LogP contribution in [0, 0.1) is 0 Å². The van der Waals surface area contributed by atoms with Gasteiger partial charge in [0.25, 0.3) is 0 Å². The fourth-order valence-corrected chi connectivity index (χ4v) is 2.16. The second-order valence-corrected chi connectivity index (χ2v) is 4.81. The Labute approximate surface area is 113 Å². The minimum atomic E-state index is 0.937. The molecule has 0 aromatic carbocycles. The van der Waals surface area contributed by atoms with E-state index in [2.05, 4.69) is 30.4 Å². The van der Waals surface area contributed by atoms with Crippen LogP contribution in [-0.4, -0.2) is 30.4 Å². The van der Waals surface area contributed by atoms with Gasteiger partial charge in [0.1, 0.15) is 24.3 Å². The highest BCUT2D eigenvalue weighted by Gasteiger charge is 1.98. The third-order valence-electron chi connectivity index (χ3n) is 3.23. The van der Waals surface area contributed by atoms with Crippen LogP contribution in [0.3, 0.4) is 0 Å². The molecule has 19 heavy (non-hydrogen) atoms. The van der Waals surface area contributed by atoms with E-state index in [0.29, 0.717) is 0 Å². The molecule has 0 amide bonds. The summed E-state index contributed by atoms with van der Waals surface area (Å²) < 4.78 is 0. The van der Waals surface area contributed by atoms with Crippen molar-refractivity contribution < 1.29 is 0 Å². The summed E-state index contributed by atoms with van der Waals surface area (Å²) in [5, 5.41) is 13.6. The van der Waals surface area contributed by atoms with E-state index in [1.54, 1.807) is 12.7 Å². The molecule has 0 radical (unpaired) electrons. The van der Waals surface area contributed by atoms with E-state index < -0.39 is 0 Å². The Bertz CT molecular complexity index is 368. The van der Waals surface area contributed by atoms with Crippen LogP contribution in [0.25, 0.3) is 0 Å². The first-order valence-corrected chi connectivity index (χ1v) is 7.14. The maximum Gasteiger partial charge on any atom is 0.150 e. The van der Waals surface area contributed by atoms with Crippen molar-refractivity contribution in [3.05, 3.63) is 24.3 Å². The lowest BCUT2D eigenvalue weighted by Gasteiger charge is -2.00. The number of aryl methyl sites for hydroxylation is 2. The average molecular weight is 262 g/mol. The molecule has 0 aliphatic heterocycles. The Hall–Kier alpha value is -1.72. The van der Waals surface area contributed by atoms with Gasteiger partial charge in [-0.2, -0.15) is 10.2 Å². The molecule has 0 bridgehead atoms. The number of nitrogens with zero attached hydrogens (tertiary/aromatic N) is 4. The van der Waals surface area contributed by atoms with Gasteiger partial charge in [0.2, 0.25) is 0 Å². The van der Waals surface area contributed by atoms with E-state index in [1.165, 1.54) is 44.9 Å². The second kappa shape index (κ2) is 8.39. The smallest absolute Gasteiger partial charge is 0.150 e.